The van der Waals surface area contributed by atoms with E-state index in [0.29, 0.717) is 0 Å². The number of carbonyl (C=O) groups is 1. The van der Waals surface area contributed by atoms with Crippen molar-refractivity contribution in [1.29, 1.82) is 0 Å². The summed E-state index contributed by atoms with van der Waals surface area (Å²) in [7, 11) is 0. The summed E-state index contributed by atoms with van der Waals surface area (Å²) in [5.74, 6) is -1.41. The quantitative estimate of drug-likeness (QED) is 0.732. The fraction of sp³-hybridized carbons (Fsp3) is 0.0714. The fourth-order valence-electron chi connectivity index (χ4n) is 1.79. The van der Waals surface area contributed by atoms with Gasteiger partial charge in [0.1, 0.15) is 11.6 Å². The highest BCUT2D eigenvalue weighted by molar-refractivity contribution is 6.33. The number of hydrogen-bond acceptors (Lipinski definition) is 1. The lowest BCUT2D eigenvalue weighted by Crippen LogP contribution is -1.99. The highest BCUT2D eigenvalue weighted by Gasteiger charge is 2.16. The second-order valence-electron chi connectivity index (χ2n) is 3.84. The number of carbonyl (C=O) groups excluding carboxylic acids is 1. The average Bonchev–Trinajstić information content (AvgIpc) is 2.28. The van der Waals surface area contributed by atoms with Crippen LogP contribution in [0.3, 0.4) is 0 Å². The fourth-order valence-corrected chi connectivity index (χ4v) is 2.05. The molecule has 0 heterocycles. The molecule has 0 aliphatic heterocycles. The molecule has 0 radical (unpaired) electrons. The zero-order valence-electron chi connectivity index (χ0n) is 9.51. The van der Waals surface area contributed by atoms with Gasteiger partial charge < -0.3 is 0 Å². The smallest absolute Gasteiger partial charge is 0.160 e. The normalized spacial score (nSPS) is 10.4. The minimum Gasteiger partial charge on any atom is -0.294 e. The molecule has 0 N–H and O–H groups in total. The topological polar surface area (TPSA) is 17.1 Å². The van der Waals surface area contributed by atoms with Gasteiger partial charge in [-0.25, -0.2) is 8.78 Å². The zero-order valence-corrected chi connectivity index (χ0v) is 10.3. The minimum absolute atomic E-state index is 0.0452. The van der Waals surface area contributed by atoms with Gasteiger partial charge in [0.25, 0.3) is 0 Å². The Morgan fingerprint density at radius 3 is 2.50 bits per heavy atom. The van der Waals surface area contributed by atoms with Gasteiger partial charge in [0.05, 0.1) is 5.02 Å². The lowest BCUT2D eigenvalue weighted by molar-refractivity contribution is 0.101. The molecular formula is C14H9ClF2O. The molecule has 0 spiro atoms. The largest absolute Gasteiger partial charge is 0.294 e. The average molecular weight is 267 g/mol. The first-order valence-electron chi connectivity index (χ1n) is 5.25. The molecule has 0 atom stereocenters. The molecule has 2 aromatic carbocycles. The summed E-state index contributed by atoms with van der Waals surface area (Å²) in [5, 5.41) is 0.142. The molecule has 18 heavy (non-hydrogen) atoms. The number of hydrogen-bond donors (Lipinski definition) is 0. The number of rotatable bonds is 2. The molecule has 0 unspecified atom stereocenters. The van der Waals surface area contributed by atoms with Crippen LogP contribution in [0.2, 0.25) is 5.02 Å². The summed E-state index contributed by atoms with van der Waals surface area (Å²) in [6, 6.07) is 7.77. The van der Waals surface area contributed by atoms with Crippen molar-refractivity contribution in [2.45, 2.75) is 6.92 Å². The van der Waals surface area contributed by atoms with Crippen molar-refractivity contribution in [3.05, 3.63) is 58.6 Å². The van der Waals surface area contributed by atoms with Gasteiger partial charge in [-0.2, -0.15) is 0 Å². The number of halogens is 3. The molecule has 4 heteroatoms. The Balaban J connectivity index is 2.77. The summed E-state index contributed by atoms with van der Waals surface area (Å²) < 4.78 is 27.1. The van der Waals surface area contributed by atoms with E-state index in [1.165, 1.54) is 31.2 Å². The molecule has 2 aromatic rings. The van der Waals surface area contributed by atoms with Crippen molar-refractivity contribution in [1.82, 2.24) is 0 Å². The second kappa shape index (κ2) is 4.86. The monoisotopic (exact) mass is 266 g/mol. The standard InChI is InChI=1S/C14H9ClF2O/c1-8(18)10-6-5-9(16)7-11(10)14-12(15)3-2-4-13(14)17/h2-7H,1H3. The third kappa shape index (κ3) is 2.27. The van der Waals surface area contributed by atoms with E-state index in [4.69, 9.17) is 11.6 Å². The molecule has 2 rings (SSSR count). The summed E-state index contributed by atoms with van der Waals surface area (Å²) in [6.07, 6.45) is 0. The first-order valence-corrected chi connectivity index (χ1v) is 5.63. The van der Waals surface area contributed by atoms with E-state index < -0.39 is 11.6 Å². The molecule has 1 nitrogen and oxygen atoms in total. The lowest BCUT2D eigenvalue weighted by atomic mass is 9.97. The van der Waals surface area contributed by atoms with Crippen LogP contribution in [-0.4, -0.2) is 5.78 Å². The number of ketones is 1. The van der Waals surface area contributed by atoms with E-state index in [2.05, 4.69) is 0 Å². The maximum absolute atomic E-state index is 13.8. The van der Waals surface area contributed by atoms with E-state index in [-0.39, 0.29) is 27.5 Å². The van der Waals surface area contributed by atoms with Crippen LogP contribution in [0.5, 0.6) is 0 Å². The Morgan fingerprint density at radius 2 is 1.89 bits per heavy atom. The van der Waals surface area contributed by atoms with Crippen LogP contribution in [0.25, 0.3) is 11.1 Å². The van der Waals surface area contributed by atoms with E-state index in [1.807, 2.05) is 0 Å². The van der Waals surface area contributed by atoms with Gasteiger partial charge >= 0.3 is 0 Å². The van der Waals surface area contributed by atoms with Crippen molar-refractivity contribution < 1.29 is 13.6 Å². The maximum Gasteiger partial charge on any atom is 0.160 e. The Bertz CT molecular complexity index is 603. The molecule has 0 aromatic heterocycles. The summed E-state index contributed by atoms with van der Waals surface area (Å²) in [6.45, 7) is 1.34. The molecule has 92 valence electrons. The zero-order chi connectivity index (χ0) is 13.3. The molecule has 0 aliphatic rings. The molecule has 0 saturated carbocycles. The van der Waals surface area contributed by atoms with E-state index in [0.717, 1.165) is 12.1 Å². The molecule has 0 saturated heterocycles. The minimum atomic E-state index is -0.587. The summed E-state index contributed by atoms with van der Waals surface area (Å²) >= 11 is 5.92. The van der Waals surface area contributed by atoms with Crippen molar-refractivity contribution >= 4 is 17.4 Å². The first-order chi connectivity index (χ1) is 8.50. The highest BCUT2D eigenvalue weighted by atomic mass is 35.5. The number of Topliss-reactive ketones (excluding diaryl/α,β-unsaturated/α-hetero) is 1. The predicted octanol–water partition coefficient (Wildman–Crippen LogP) is 4.49. The van der Waals surface area contributed by atoms with Crippen LogP contribution in [0, 0.1) is 11.6 Å². The van der Waals surface area contributed by atoms with Crippen molar-refractivity contribution in [3.63, 3.8) is 0 Å². The Labute approximate surface area is 108 Å². The van der Waals surface area contributed by atoms with Crippen molar-refractivity contribution in [2.24, 2.45) is 0 Å². The third-order valence-electron chi connectivity index (χ3n) is 2.59. The molecule has 0 fully saturated rings. The molecule has 0 bridgehead atoms. The van der Waals surface area contributed by atoms with Gasteiger partial charge in [-0.05, 0) is 42.8 Å². The first kappa shape index (κ1) is 12.7. The highest BCUT2D eigenvalue weighted by Crippen LogP contribution is 2.33. The molecular weight excluding hydrogens is 258 g/mol. The van der Waals surface area contributed by atoms with Crippen LogP contribution in [-0.2, 0) is 0 Å². The van der Waals surface area contributed by atoms with Crippen LogP contribution in [0.15, 0.2) is 36.4 Å². The van der Waals surface area contributed by atoms with Gasteiger partial charge in [-0.1, -0.05) is 17.7 Å². The van der Waals surface area contributed by atoms with Crippen molar-refractivity contribution in [2.75, 3.05) is 0 Å². The van der Waals surface area contributed by atoms with E-state index in [9.17, 15) is 13.6 Å². The summed E-state index contributed by atoms with van der Waals surface area (Å²) in [5.41, 5.74) is 0.456. The van der Waals surface area contributed by atoms with Gasteiger partial charge in [-0.15, -0.1) is 0 Å². The van der Waals surface area contributed by atoms with Gasteiger partial charge in [0.15, 0.2) is 5.78 Å². The van der Waals surface area contributed by atoms with Crippen LogP contribution in [0.4, 0.5) is 8.78 Å². The second-order valence-corrected chi connectivity index (χ2v) is 4.25. The van der Waals surface area contributed by atoms with E-state index in [1.54, 1.807) is 0 Å². The van der Waals surface area contributed by atoms with Crippen LogP contribution < -0.4 is 0 Å². The number of benzene rings is 2. The maximum atomic E-state index is 13.8. The van der Waals surface area contributed by atoms with Crippen molar-refractivity contribution in [3.8, 4) is 11.1 Å². The summed E-state index contributed by atoms with van der Waals surface area (Å²) in [4.78, 5) is 11.5. The predicted molar refractivity (Wildman–Crippen MR) is 66.8 cm³/mol. The Kier molecular flexibility index (Phi) is 3.43. The SMILES string of the molecule is CC(=O)c1ccc(F)cc1-c1c(F)cccc1Cl. The van der Waals surface area contributed by atoms with Crippen LogP contribution in [0.1, 0.15) is 17.3 Å². The third-order valence-corrected chi connectivity index (χ3v) is 2.91. The Morgan fingerprint density at radius 1 is 1.17 bits per heavy atom. The molecule has 0 amide bonds. The van der Waals surface area contributed by atoms with Gasteiger partial charge in [0.2, 0.25) is 0 Å². The van der Waals surface area contributed by atoms with Crippen LogP contribution >= 0.6 is 11.6 Å². The van der Waals surface area contributed by atoms with Gasteiger partial charge in [0, 0.05) is 11.1 Å². The lowest BCUT2D eigenvalue weighted by Gasteiger charge is -2.10. The van der Waals surface area contributed by atoms with E-state index >= 15 is 0 Å². The van der Waals surface area contributed by atoms with Gasteiger partial charge in [-0.3, -0.25) is 4.79 Å². The molecule has 0 aliphatic carbocycles. The Hall–Kier alpha value is -1.74.